The Morgan fingerprint density at radius 2 is 1.82 bits per heavy atom. The number of aromatic amines is 1. The van der Waals surface area contributed by atoms with Crippen molar-refractivity contribution in [3.05, 3.63) is 104 Å². The molecule has 5 heterocycles. The summed E-state index contributed by atoms with van der Waals surface area (Å²) in [7, 11) is 2.23. The lowest BCUT2D eigenvalue weighted by atomic mass is 9.86. The van der Waals surface area contributed by atoms with Crippen molar-refractivity contribution >= 4 is 22.3 Å². The van der Waals surface area contributed by atoms with Gasteiger partial charge in [-0.25, -0.2) is 14.5 Å². The quantitative estimate of drug-likeness (QED) is 0.225. The first kappa shape index (κ1) is 32.8. The average molecular weight is 665 g/mol. The number of H-pyrrole nitrogens is 1. The number of likely N-dealkylation sites (N-methyl/N-ethyl adjacent to an activating group) is 1. The summed E-state index contributed by atoms with van der Waals surface area (Å²) in [4.78, 5) is 36.3. The molecule has 254 valence electrons. The molecule has 0 amide bonds. The molecular weight excluding hydrogens is 623 g/mol. The molecule has 0 aliphatic carbocycles. The molecule has 7 rings (SSSR count). The summed E-state index contributed by atoms with van der Waals surface area (Å²) in [6.45, 7) is 10.1. The second kappa shape index (κ2) is 12.6. The number of pyridine rings is 1. The number of hydrogen-bond acceptors (Lipinski definition) is 9. The van der Waals surface area contributed by atoms with Gasteiger partial charge in [-0.1, -0.05) is 39.0 Å². The lowest BCUT2D eigenvalue weighted by molar-refractivity contribution is 0.0837. The third kappa shape index (κ3) is 6.04. The number of aliphatic hydroxyl groups is 1. The van der Waals surface area contributed by atoms with Gasteiger partial charge in [0.2, 0.25) is 0 Å². The summed E-state index contributed by atoms with van der Waals surface area (Å²) in [5.74, 6) is -0.125. The molecule has 12 heteroatoms. The van der Waals surface area contributed by atoms with Gasteiger partial charge in [0.05, 0.1) is 29.6 Å². The van der Waals surface area contributed by atoms with Gasteiger partial charge in [-0.2, -0.15) is 14.9 Å². The third-order valence-electron chi connectivity index (χ3n) is 10.1. The van der Waals surface area contributed by atoms with Crippen molar-refractivity contribution in [2.45, 2.75) is 71.2 Å². The van der Waals surface area contributed by atoms with Crippen LogP contribution in [0.25, 0.3) is 27.7 Å². The van der Waals surface area contributed by atoms with E-state index >= 15 is 4.39 Å². The highest BCUT2D eigenvalue weighted by molar-refractivity contribution is 5.83. The third-order valence-corrected chi connectivity index (χ3v) is 10.1. The predicted molar refractivity (Wildman–Crippen MR) is 188 cm³/mol. The van der Waals surface area contributed by atoms with E-state index in [1.54, 1.807) is 31.2 Å². The molecule has 49 heavy (non-hydrogen) atoms. The molecule has 3 N–H and O–H groups in total. The van der Waals surface area contributed by atoms with Crippen LogP contribution in [-0.4, -0.2) is 72.1 Å². The molecule has 2 saturated heterocycles. The smallest absolute Gasteiger partial charge is 0.288 e. The second-order valence-corrected chi connectivity index (χ2v) is 14.3. The highest BCUT2D eigenvalue weighted by Crippen LogP contribution is 2.33. The lowest BCUT2D eigenvalue weighted by Gasteiger charge is -2.38. The van der Waals surface area contributed by atoms with Gasteiger partial charge in [0.25, 0.3) is 11.1 Å². The van der Waals surface area contributed by atoms with E-state index in [1.807, 2.05) is 39.1 Å². The van der Waals surface area contributed by atoms with Gasteiger partial charge < -0.3 is 10.4 Å². The molecule has 0 radical (unpaired) electrons. The normalized spacial score (nSPS) is 18.3. The van der Waals surface area contributed by atoms with Gasteiger partial charge in [-0.15, -0.1) is 0 Å². The minimum atomic E-state index is -0.648. The van der Waals surface area contributed by atoms with E-state index in [2.05, 4.69) is 42.4 Å². The number of anilines is 2. The molecule has 3 aromatic heterocycles. The number of hydrogen-bond donors (Lipinski definition) is 3. The van der Waals surface area contributed by atoms with Crippen LogP contribution in [0.15, 0.2) is 64.4 Å². The molecule has 0 spiro atoms. The summed E-state index contributed by atoms with van der Waals surface area (Å²) in [5.41, 5.74) is 2.74. The number of piperazine rings is 1. The Balaban J connectivity index is 1.19. The number of nitrogens with zero attached hydrogens (tertiary/aromatic N) is 6. The van der Waals surface area contributed by atoms with Crippen LogP contribution in [0.5, 0.6) is 0 Å². The summed E-state index contributed by atoms with van der Waals surface area (Å²) in [6, 6.07) is 13.4. The molecule has 2 bridgehead atoms. The Morgan fingerprint density at radius 3 is 2.49 bits per heavy atom. The summed E-state index contributed by atoms with van der Waals surface area (Å²) < 4.78 is 16.5. The molecule has 2 aliphatic heterocycles. The standard InChI is InChI=1S/C37H41FN8O3/c1-21-33(42-43-35(48)34(21)41-31-12-9-22(15-39-31)17-45-18-25-10-11-26(19-45)44(25)5)27-7-6-8-30(28(27)20-47)46-36(49)32-23(16-40-46)13-24(14-29(32)38)37(2,3)4/h6-9,12-16,25-26,47H,10-11,17-20H2,1-5H3,(H,43,48)(H,39,41,42). The van der Waals surface area contributed by atoms with Gasteiger partial charge in [0.1, 0.15) is 17.3 Å². The summed E-state index contributed by atoms with van der Waals surface area (Å²) >= 11 is 0. The van der Waals surface area contributed by atoms with E-state index in [1.165, 1.54) is 25.1 Å². The highest BCUT2D eigenvalue weighted by Gasteiger charge is 2.37. The average Bonchev–Trinajstić information content (AvgIpc) is 3.26. The molecule has 0 saturated carbocycles. The zero-order valence-corrected chi connectivity index (χ0v) is 28.4. The maximum absolute atomic E-state index is 15.4. The van der Waals surface area contributed by atoms with Crippen molar-refractivity contribution in [2.75, 3.05) is 25.5 Å². The number of rotatable bonds is 7. The largest absolute Gasteiger partial charge is 0.392 e. The molecule has 2 unspecified atom stereocenters. The van der Waals surface area contributed by atoms with Crippen LogP contribution < -0.4 is 16.4 Å². The van der Waals surface area contributed by atoms with Crippen LogP contribution in [0.4, 0.5) is 15.9 Å². The van der Waals surface area contributed by atoms with Crippen molar-refractivity contribution in [1.29, 1.82) is 0 Å². The number of likely N-dealkylation sites (tertiary alicyclic amines) is 1. The monoisotopic (exact) mass is 664 g/mol. The molecule has 2 aromatic carbocycles. The lowest BCUT2D eigenvalue weighted by Crippen LogP contribution is -2.51. The maximum Gasteiger partial charge on any atom is 0.288 e. The molecule has 5 aromatic rings. The summed E-state index contributed by atoms with van der Waals surface area (Å²) in [5, 5.41) is 25.3. The van der Waals surface area contributed by atoms with Gasteiger partial charge in [-0.3, -0.25) is 19.4 Å². The van der Waals surface area contributed by atoms with E-state index in [0.717, 1.165) is 35.4 Å². The molecule has 2 aliphatic rings. The van der Waals surface area contributed by atoms with E-state index in [4.69, 9.17) is 0 Å². The molecule has 2 atom stereocenters. The predicted octanol–water partition coefficient (Wildman–Crippen LogP) is 4.79. The van der Waals surface area contributed by atoms with Crippen molar-refractivity contribution in [3.63, 3.8) is 0 Å². The van der Waals surface area contributed by atoms with Crippen molar-refractivity contribution < 1.29 is 9.50 Å². The highest BCUT2D eigenvalue weighted by atomic mass is 19.1. The fourth-order valence-corrected chi connectivity index (χ4v) is 7.26. The topological polar surface area (TPSA) is 132 Å². The number of aromatic nitrogens is 5. The van der Waals surface area contributed by atoms with E-state index < -0.39 is 23.5 Å². The summed E-state index contributed by atoms with van der Waals surface area (Å²) in [6.07, 6.45) is 5.80. The first-order valence-corrected chi connectivity index (χ1v) is 16.6. The van der Waals surface area contributed by atoms with Gasteiger partial charge in [0.15, 0.2) is 0 Å². The van der Waals surface area contributed by atoms with Crippen LogP contribution in [0.1, 0.15) is 55.9 Å². The van der Waals surface area contributed by atoms with Crippen LogP contribution in [0.2, 0.25) is 0 Å². The first-order valence-electron chi connectivity index (χ1n) is 16.6. The van der Waals surface area contributed by atoms with E-state index in [9.17, 15) is 14.7 Å². The van der Waals surface area contributed by atoms with Crippen molar-refractivity contribution in [2.24, 2.45) is 0 Å². The Kier molecular flexibility index (Phi) is 8.42. The molecular formula is C37H41FN8O3. The van der Waals surface area contributed by atoms with Crippen LogP contribution in [0, 0.1) is 12.7 Å². The van der Waals surface area contributed by atoms with Gasteiger partial charge in [0, 0.05) is 60.0 Å². The van der Waals surface area contributed by atoms with Crippen molar-refractivity contribution in [1.82, 2.24) is 34.8 Å². The Hall–Kier alpha value is -4.78. The number of nitrogens with one attached hydrogen (secondary N) is 2. The number of fused-ring (bicyclic) bond motifs is 3. The van der Waals surface area contributed by atoms with E-state index in [-0.39, 0.29) is 22.2 Å². The van der Waals surface area contributed by atoms with Crippen LogP contribution in [-0.2, 0) is 18.6 Å². The van der Waals surface area contributed by atoms with Crippen LogP contribution >= 0.6 is 0 Å². The number of aliphatic hydroxyl groups excluding tert-OH is 1. The fraction of sp³-hybridized carbons (Fsp3) is 0.378. The molecule has 2 fully saturated rings. The van der Waals surface area contributed by atoms with Crippen molar-refractivity contribution in [3.8, 4) is 16.9 Å². The minimum Gasteiger partial charge on any atom is -0.392 e. The SMILES string of the molecule is Cc1c(-c2cccc(-n3ncc4cc(C(C)(C)C)cc(F)c4c3=O)c2CO)n[nH]c(=O)c1Nc1ccc(CN2CC3CCC(C2)N3C)cn1. The van der Waals surface area contributed by atoms with Gasteiger partial charge in [-0.05, 0) is 67.6 Å². The maximum atomic E-state index is 15.4. The number of halogens is 1. The Morgan fingerprint density at radius 1 is 1.06 bits per heavy atom. The Bertz CT molecular complexity index is 2160. The van der Waals surface area contributed by atoms with E-state index in [0.29, 0.717) is 45.7 Å². The minimum absolute atomic E-state index is 0.0868. The zero-order valence-electron chi connectivity index (χ0n) is 28.4. The van der Waals surface area contributed by atoms with Gasteiger partial charge >= 0.3 is 0 Å². The first-order chi connectivity index (χ1) is 23.4. The second-order valence-electron chi connectivity index (χ2n) is 14.3. The molecule has 11 nitrogen and oxygen atoms in total. The fourth-order valence-electron chi connectivity index (χ4n) is 7.26. The Labute approximate surface area is 283 Å². The number of benzene rings is 2. The van der Waals surface area contributed by atoms with Crippen LogP contribution in [0.3, 0.4) is 0 Å². The zero-order chi connectivity index (χ0) is 34.6.